The highest BCUT2D eigenvalue weighted by molar-refractivity contribution is 5.80. The van der Waals surface area contributed by atoms with Gasteiger partial charge in [-0.05, 0) is 87.4 Å². The molecule has 0 aliphatic carbocycles. The van der Waals surface area contributed by atoms with Gasteiger partial charge in [0.1, 0.15) is 11.5 Å². The Morgan fingerprint density at radius 3 is 2.41 bits per heavy atom. The largest absolute Gasteiger partial charge is 0.451 e. The van der Waals surface area contributed by atoms with Crippen LogP contribution in [0.5, 0.6) is 0 Å². The molecule has 1 unspecified atom stereocenters. The number of alkyl halides is 3. The molecular formula is C25H25F4N5. The van der Waals surface area contributed by atoms with Crippen LogP contribution in [0, 0.1) is 5.82 Å². The molecule has 5 nitrogen and oxygen atoms in total. The highest BCUT2D eigenvalue weighted by atomic mass is 19.4. The van der Waals surface area contributed by atoms with Gasteiger partial charge in [-0.15, -0.1) is 0 Å². The molecule has 0 spiro atoms. The van der Waals surface area contributed by atoms with Crippen molar-refractivity contribution in [1.29, 1.82) is 0 Å². The number of benzene rings is 1. The van der Waals surface area contributed by atoms with E-state index in [-0.39, 0.29) is 5.69 Å². The average molecular weight is 472 g/mol. The predicted molar refractivity (Wildman–Crippen MR) is 123 cm³/mol. The van der Waals surface area contributed by atoms with Crippen molar-refractivity contribution in [3.63, 3.8) is 0 Å². The van der Waals surface area contributed by atoms with E-state index in [1.165, 1.54) is 18.2 Å². The van der Waals surface area contributed by atoms with Gasteiger partial charge in [-0.2, -0.15) is 13.2 Å². The van der Waals surface area contributed by atoms with Crippen LogP contribution >= 0.6 is 0 Å². The Kier molecular flexibility index (Phi) is 6.65. The highest BCUT2D eigenvalue weighted by Crippen LogP contribution is 2.35. The lowest BCUT2D eigenvalue weighted by molar-refractivity contribution is -0.144. The third kappa shape index (κ3) is 4.94. The minimum absolute atomic E-state index is 0.0848. The first-order chi connectivity index (χ1) is 16.2. The minimum atomic E-state index is -4.68. The normalized spacial score (nSPS) is 13.1. The van der Waals surface area contributed by atoms with E-state index in [0.29, 0.717) is 28.5 Å². The van der Waals surface area contributed by atoms with Crippen molar-refractivity contribution in [2.24, 2.45) is 0 Å². The topological polar surface area (TPSA) is 46.3 Å². The molecule has 3 heterocycles. The summed E-state index contributed by atoms with van der Waals surface area (Å²) in [4.78, 5) is 14.0. The molecule has 3 aromatic heterocycles. The molecule has 0 radical (unpaired) electrons. The molecule has 1 atom stereocenters. The van der Waals surface area contributed by atoms with Crippen LogP contribution in [0.15, 0.2) is 54.9 Å². The molecule has 0 aliphatic rings. The predicted octanol–water partition coefficient (Wildman–Crippen LogP) is 6.06. The molecule has 1 aromatic carbocycles. The van der Waals surface area contributed by atoms with Gasteiger partial charge < -0.3 is 4.90 Å². The van der Waals surface area contributed by atoms with Crippen molar-refractivity contribution in [2.75, 3.05) is 20.6 Å². The van der Waals surface area contributed by atoms with E-state index in [0.717, 1.165) is 31.1 Å². The van der Waals surface area contributed by atoms with E-state index < -0.39 is 17.8 Å². The van der Waals surface area contributed by atoms with Crippen molar-refractivity contribution in [3.8, 4) is 22.6 Å². The van der Waals surface area contributed by atoms with E-state index in [2.05, 4.69) is 21.8 Å². The molecular weight excluding hydrogens is 446 g/mol. The number of nitrogens with zero attached hydrogens (tertiary/aromatic N) is 5. The maximum atomic E-state index is 13.5. The standard InChI is InChI=1S/C25H25F4N5/c1-4-16(10-13-33(2)3)18-11-14-34-21(15-18)32-22(17-5-7-19(26)8-6-17)23(34)20-9-12-30-24(31-20)25(27,28)29/h5-9,11-12,14-16H,4,10,13H2,1-3H3. The molecule has 178 valence electrons. The molecule has 9 heteroatoms. The number of fused-ring (bicyclic) bond motifs is 1. The lowest BCUT2D eigenvalue weighted by atomic mass is 9.94. The zero-order valence-corrected chi connectivity index (χ0v) is 19.1. The molecule has 0 aliphatic heterocycles. The summed E-state index contributed by atoms with van der Waals surface area (Å²) in [6.45, 7) is 3.07. The molecule has 4 rings (SSSR count). The third-order valence-electron chi connectivity index (χ3n) is 5.81. The van der Waals surface area contributed by atoms with Gasteiger partial charge in [0.2, 0.25) is 5.82 Å². The Labute approximate surface area is 195 Å². The molecule has 34 heavy (non-hydrogen) atoms. The number of hydrogen-bond donors (Lipinski definition) is 0. The van der Waals surface area contributed by atoms with Crippen molar-refractivity contribution in [2.45, 2.75) is 31.9 Å². The molecule has 0 amide bonds. The number of pyridine rings is 1. The Morgan fingerprint density at radius 1 is 1.03 bits per heavy atom. The Morgan fingerprint density at radius 2 is 1.76 bits per heavy atom. The fraction of sp³-hybridized carbons (Fsp3) is 0.320. The summed E-state index contributed by atoms with van der Waals surface area (Å²) >= 11 is 0. The summed E-state index contributed by atoms with van der Waals surface area (Å²) in [5.41, 5.74) is 3.17. The first kappa shape index (κ1) is 23.8. The zero-order chi connectivity index (χ0) is 24.5. The average Bonchev–Trinajstić information content (AvgIpc) is 3.18. The van der Waals surface area contributed by atoms with Crippen LogP contribution in [0.25, 0.3) is 28.3 Å². The Balaban J connectivity index is 1.89. The van der Waals surface area contributed by atoms with Crippen molar-refractivity contribution in [1.82, 2.24) is 24.3 Å². The van der Waals surface area contributed by atoms with E-state index in [1.54, 1.807) is 16.5 Å². The lowest BCUT2D eigenvalue weighted by Crippen LogP contribution is -2.15. The van der Waals surface area contributed by atoms with Crippen LogP contribution in [-0.4, -0.2) is 44.9 Å². The van der Waals surface area contributed by atoms with Gasteiger partial charge in [0.05, 0.1) is 17.1 Å². The fourth-order valence-corrected chi connectivity index (χ4v) is 4.02. The van der Waals surface area contributed by atoms with E-state index in [9.17, 15) is 17.6 Å². The fourth-order valence-electron chi connectivity index (χ4n) is 4.02. The number of hydrogen-bond acceptors (Lipinski definition) is 4. The molecule has 0 saturated heterocycles. The monoisotopic (exact) mass is 471 g/mol. The highest BCUT2D eigenvalue weighted by Gasteiger charge is 2.35. The lowest BCUT2D eigenvalue weighted by Gasteiger charge is -2.18. The molecule has 4 aromatic rings. The van der Waals surface area contributed by atoms with Gasteiger partial charge >= 0.3 is 6.18 Å². The molecule has 0 bridgehead atoms. The van der Waals surface area contributed by atoms with E-state index in [1.807, 2.05) is 32.4 Å². The summed E-state index contributed by atoms with van der Waals surface area (Å²) < 4.78 is 55.2. The van der Waals surface area contributed by atoms with Gasteiger partial charge in [0.15, 0.2) is 0 Å². The van der Waals surface area contributed by atoms with Gasteiger partial charge in [-0.1, -0.05) is 6.92 Å². The van der Waals surface area contributed by atoms with Gasteiger partial charge in [-0.25, -0.2) is 19.3 Å². The number of rotatable bonds is 7. The summed E-state index contributed by atoms with van der Waals surface area (Å²) in [5.74, 6) is -1.32. The van der Waals surface area contributed by atoms with Crippen LogP contribution in [0.4, 0.5) is 17.6 Å². The van der Waals surface area contributed by atoms with Crippen LogP contribution in [-0.2, 0) is 6.18 Å². The van der Waals surface area contributed by atoms with Gasteiger partial charge in [0, 0.05) is 18.0 Å². The molecule has 0 N–H and O–H groups in total. The third-order valence-corrected chi connectivity index (χ3v) is 5.81. The van der Waals surface area contributed by atoms with Crippen LogP contribution in [0.1, 0.15) is 37.1 Å². The molecule has 0 fully saturated rings. The number of halogens is 4. The summed E-state index contributed by atoms with van der Waals surface area (Å²) in [5, 5.41) is 0. The first-order valence-electron chi connectivity index (χ1n) is 11.0. The first-order valence-corrected chi connectivity index (χ1v) is 11.0. The van der Waals surface area contributed by atoms with Crippen LogP contribution < -0.4 is 0 Å². The van der Waals surface area contributed by atoms with Crippen LogP contribution in [0.3, 0.4) is 0 Å². The van der Waals surface area contributed by atoms with Crippen LogP contribution in [0.2, 0.25) is 0 Å². The van der Waals surface area contributed by atoms with Crippen molar-refractivity contribution in [3.05, 3.63) is 72.1 Å². The van der Waals surface area contributed by atoms with Crippen molar-refractivity contribution < 1.29 is 17.6 Å². The van der Waals surface area contributed by atoms with Crippen molar-refractivity contribution >= 4 is 5.65 Å². The zero-order valence-electron chi connectivity index (χ0n) is 19.1. The smallest absolute Gasteiger partial charge is 0.309 e. The summed E-state index contributed by atoms with van der Waals surface area (Å²) in [7, 11) is 4.06. The minimum Gasteiger partial charge on any atom is -0.309 e. The Hall–Kier alpha value is -3.33. The number of aromatic nitrogens is 4. The quantitative estimate of drug-likeness (QED) is 0.307. The second-order valence-electron chi connectivity index (χ2n) is 8.46. The number of imidazole rings is 1. The Bertz CT molecular complexity index is 1280. The van der Waals surface area contributed by atoms with E-state index >= 15 is 0 Å². The SMILES string of the molecule is CCC(CCN(C)C)c1ccn2c(-c3ccnc(C(F)(F)F)n3)c(-c3ccc(F)cc3)nc2c1. The summed E-state index contributed by atoms with van der Waals surface area (Å²) in [6.07, 6.45) is 0.137. The van der Waals surface area contributed by atoms with E-state index in [4.69, 9.17) is 4.98 Å². The molecule has 0 saturated carbocycles. The summed E-state index contributed by atoms with van der Waals surface area (Å²) in [6, 6.07) is 11.1. The second-order valence-corrected chi connectivity index (χ2v) is 8.46. The van der Waals surface area contributed by atoms with Gasteiger partial charge in [-0.3, -0.25) is 4.40 Å². The van der Waals surface area contributed by atoms with Gasteiger partial charge in [0.25, 0.3) is 0 Å². The second kappa shape index (κ2) is 9.50. The maximum Gasteiger partial charge on any atom is 0.451 e. The maximum absolute atomic E-state index is 13.5.